The van der Waals surface area contributed by atoms with Crippen LogP contribution in [0.15, 0.2) is 4.99 Å². The molecule has 0 bridgehead atoms. The second kappa shape index (κ2) is 9.37. The third kappa shape index (κ3) is 6.59. The maximum Gasteiger partial charge on any atom is 0.234 e. The van der Waals surface area contributed by atoms with Crippen molar-refractivity contribution in [3.05, 3.63) is 0 Å². The quantitative estimate of drug-likeness (QED) is 0.525. The van der Waals surface area contributed by atoms with E-state index in [2.05, 4.69) is 40.5 Å². The molecule has 2 rings (SSSR count). The minimum atomic E-state index is 0.176. The molecule has 1 amide bonds. The summed E-state index contributed by atoms with van der Waals surface area (Å²) in [6.45, 7) is 10.2. The Morgan fingerprint density at radius 3 is 2.57 bits per heavy atom. The first-order valence-corrected chi connectivity index (χ1v) is 9.99. The molecule has 1 atom stereocenters. The van der Waals surface area contributed by atoms with Crippen molar-refractivity contribution in [3.8, 4) is 0 Å². The van der Waals surface area contributed by atoms with Crippen LogP contribution in [-0.2, 0) is 4.79 Å². The first-order valence-electron chi connectivity index (χ1n) is 8.70. The summed E-state index contributed by atoms with van der Waals surface area (Å²) in [4.78, 5) is 21.2. The molecule has 0 spiro atoms. The number of piperazine rings is 1. The fourth-order valence-corrected chi connectivity index (χ4v) is 2.76. The van der Waals surface area contributed by atoms with Gasteiger partial charge in [-0.1, -0.05) is 6.92 Å². The Morgan fingerprint density at radius 1 is 1.30 bits per heavy atom. The molecule has 6 nitrogen and oxygen atoms in total. The summed E-state index contributed by atoms with van der Waals surface area (Å²) in [6.07, 6.45) is 4.42. The van der Waals surface area contributed by atoms with E-state index in [1.54, 1.807) is 0 Å². The van der Waals surface area contributed by atoms with Gasteiger partial charge in [-0.15, -0.1) is 0 Å². The van der Waals surface area contributed by atoms with Gasteiger partial charge >= 0.3 is 0 Å². The third-order valence-corrected chi connectivity index (χ3v) is 5.17. The van der Waals surface area contributed by atoms with Crippen molar-refractivity contribution in [2.24, 2.45) is 4.99 Å². The topological polar surface area (TPSA) is 60.0 Å². The Kier molecular flexibility index (Phi) is 7.49. The zero-order valence-corrected chi connectivity index (χ0v) is 15.5. The minimum Gasteiger partial charge on any atom is -0.357 e. The van der Waals surface area contributed by atoms with Gasteiger partial charge in [-0.2, -0.15) is 11.8 Å². The molecular formula is C16H31N5OS. The second-order valence-electron chi connectivity index (χ2n) is 6.35. The molecule has 2 aliphatic rings. The lowest BCUT2D eigenvalue weighted by Gasteiger charge is -2.36. The molecule has 2 fully saturated rings. The van der Waals surface area contributed by atoms with E-state index < -0.39 is 0 Å². The van der Waals surface area contributed by atoms with Crippen LogP contribution in [-0.4, -0.2) is 85.0 Å². The maximum absolute atomic E-state index is 11.9. The van der Waals surface area contributed by atoms with Crippen molar-refractivity contribution < 1.29 is 4.79 Å². The molecule has 1 saturated carbocycles. The molecule has 1 aliphatic carbocycles. The van der Waals surface area contributed by atoms with Gasteiger partial charge in [0.1, 0.15) is 0 Å². The summed E-state index contributed by atoms with van der Waals surface area (Å²) in [6, 6.07) is 0.453. The molecule has 23 heavy (non-hydrogen) atoms. The first-order chi connectivity index (χ1) is 11.1. The zero-order chi connectivity index (χ0) is 16.7. The number of carbonyl (C=O) groups is 1. The average molecular weight is 342 g/mol. The smallest absolute Gasteiger partial charge is 0.234 e. The van der Waals surface area contributed by atoms with E-state index in [1.165, 1.54) is 0 Å². The van der Waals surface area contributed by atoms with E-state index in [-0.39, 0.29) is 5.91 Å². The predicted octanol–water partition coefficient (Wildman–Crippen LogP) is 0.600. The van der Waals surface area contributed by atoms with E-state index in [0.717, 1.165) is 58.1 Å². The Labute approximate surface area is 144 Å². The molecule has 0 aromatic heterocycles. The molecule has 1 aliphatic heterocycles. The van der Waals surface area contributed by atoms with Crippen LogP contribution in [0.4, 0.5) is 0 Å². The van der Waals surface area contributed by atoms with Crippen LogP contribution in [0, 0.1) is 0 Å². The Bertz CT molecular complexity index is 405. The van der Waals surface area contributed by atoms with E-state index in [0.29, 0.717) is 17.8 Å². The minimum absolute atomic E-state index is 0.176. The van der Waals surface area contributed by atoms with Crippen molar-refractivity contribution in [1.29, 1.82) is 0 Å². The summed E-state index contributed by atoms with van der Waals surface area (Å²) in [5, 5.41) is 6.99. The van der Waals surface area contributed by atoms with E-state index >= 15 is 0 Å². The molecule has 1 unspecified atom stereocenters. The number of rotatable bonds is 7. The predicted molar refractivity (Wildman–Crippen MR) is 98.1 cm³/mol. The highest BCUT2D eigenvalue weighted by Crippen LogP contribution is 2.18. The number of hydrogen-bond donors (Lipinski definition) is 2. The number of guanidine groups is 1. The highest BCUT2D eigenvalue weighted by molar-refractivity contribution is 7.99. The summed E-state index contributed by atoms with van der Waals surface area (Å²) in [5.41, 5.74) is 0. The lowest BCUT2D eigenvalue weighted by Crippen LogP contribution is -2.54. The Balaban J connectivity index is 1.76. The number of thioether (sulfide) groups is 1. The second-order valence-corrected chi connectivity index (χ2v) is 7.62. The zero-order valence-electron chi connectivity index (χ0n) is 14.7. The maximum atomic E-state index is 11.9. The third-order valence-electron chi connectivity index (χ3n) is 4.22. The summed E-state index contributed by atoms with van der Waals surface area (Å²) < 4.78 is 0. The molecule has 1 saturated heterocycles. The van der Waals surface area contributed by atoms with Gasteiger partial charge in [-0.05, 0) is 26.0 Å². The normalized spacial score (nSPS) is 21.2. The van der Waals surface area contributed by atoms with Crippen LogP contribution < -0.4 is 10.6 Å². The molecule has 132 valence electrons. The summed E-state index contributed by atoms with van der Waals surface area (Å²) in [7, 11) is 0. The van der Waals surface area contributed by atoms with Gasteiger partial charge in [0.25, 0.3) is 0 Å². The first kappa shape index (κ1) is 18.4. The number of nitrogens with zero attached hydrogens (tertiary/aromatic N) is 3. The highest BCUT2D eigenvalue weighted by atomic mass is 32.2. The SMILES string of the molecule is CCNC(=NCC(C)SC)N1CCN(CC(=O)NC2CC2)CC1. The number of nitrogens with one attached hydrogen (secondary N) is 2. The van der Waals surface area contributed by atoms with Gasteiger partial charge in [0, 0.05) is 44.0 Å². The van der Waals surface area contributed by atoms with Crippen molar-refractivity contribution >= 4 is 23.6 Å². The van der Waals surface area contributed by atoms with Crippen molar-refractivity contribution in [3.63, 3.8) is 0 Å². The van der Waals surface area contributed by atoms with Gasteiger partial charge in [-0.3, -0.25) is 14.7 Å². The van der Waals surface area contributed by atoms with E-state index in [1.807, 2.05) is 11.8 Å². The van der Waals surface area contributed by atoms with Gasteiger partial charge < -0.3 is 15.5 Å². The Morgan fingerprint density at radius 2 is 2.00 bits per heavy atom. The van der Waals surface area contributed by atoms with Gasteiger partial charge in [0.05, 0.1) is 13.1 Å². The largest absolute Gasteiger partial charge is 0.357 e. The van der Waals surface area contributed by atoms with Crippen LogP contribution in [0.2, 0.25) is 0 Å². The number of hydrogen-bond acceptors (Lipinski definition) is 4. The van der Waals surface area contributed by atoms with Crippen molar-refractivity contribution in [1.82, 2.24) is 20.4 Å². The monoisotopic (exact) mass is 341 g/mol. The van der Waals surface area contributed by atoms with Crippen molar-refractivity contribution in [2.75, 3.05) is 52.1 Å². The number of amides is 1. The highest BCUT2D eigenvalue weighted by Gasteiger charge is 2.25. The number of aliphatic imine (C=N–C) groups is 1. The fourth-order valence-electron chi connectivity index (χ4n) is 2.54. The molecular weight excluding hydrogens is 310 g/mol. The lowest BCUT2D eigenvalue weighted by molar-refractivity contribution is -0.122. The molecule has 0 aromatic rings. The molecule has 2 N–H and O–H groups in total. The van der Waals surface area contributed by atoms with Gasteiger partial charge in [0.2, 0.25) is 5.91 Å². The fraction of sp³-hybridized carbons (Fsp3) is 0.875. The molecule has 0 radical (unpaired) electrons. The summed E-state index contributed by atoms with van der Waals surface area (Å²) in [5.74, 6) is 1.19. The van der Waals surface area contributed by atoms with E-state index in [9.17, 15) is 4.79 Å². The van der Waals surface area contributed by atoms with Crippen LogP contribution >= 0.6 is 11.8 Å². The van der Waals surface area contributed by atoms with E-state index in [4.69, 9.17) is 4.99 Å². The lowest BCUT2D eigenvalue weighted by atomic mass is 10.3. The molecule has 7 heteroatoms. The van der Waals surface area contributed by atoms with Crippen LogP contribution in [0.1, 0.15) is 26.7 Å². The van der Waals surface area contributed by atoms with Crippen LogP contribution in [0.3, 0.4) is 0 Å². The molecule has 1 heterocycles. The van der Waals surface area contributed by atoms with Crippen LogP contribution in [0.5, 0.6) is 0 Å². The van der Waals surface area contributed by atoms with Crippen LogP contribution in [0.25, 0.3) is 0 Å². The van der Waals surface area contributed by atoms with Gasteiger partial charge in [-0.25, -0.2) is 0 Å². The molecule has 0 aromatic carbocycles. The van der Waals surface area contributed by atoms with Gasteiger partial charge in [0.15, 0.2) is 5.96 Å². The average Bonchev–Trinajstić information content (AvgIpc) is 3.35. The standard InChI is InChI=1S/C16H31N5OS/c1-4-17-16(18-11-13(2)23-3)21-9-7-20(8-10-21)12-15(22)19-14-5-6-14/h13-14H,4-12H2,1-3H3,(H,17,18)(H,19,22). The summed E-state index contributed by atoms with van der Waals surface area (Å²) >= 11 is 1.84. The van der Waals surface area contributed by atoms with Crippen molar-refractivity contribution in [2.45, 2.75) is 38.0 Å². The Hall–Kier alpha value is -0.950. The number of carbonyl (C=O) groups excluding carboxylic acids is 1.